The summed E-state index contributed by atoms with van der Waals surface area (Å²) >= 11 is 0. The van der Waals surface area contributed by atoms with Gasteiger partial charge in [0.05, 0.1) is 7.11 Å². The molecule has 110 valence electrons. The molecule has 2 aromatic rings. The molecule has 0 saturated heterocycles. The Morgan fingerprint density at radius 3 is 2.52 bits per heavy atom. The molecule has 0 aliphatic carbocycles. The molecule has 0 N–H and O–H groups in total. The number of rotatable bonds is 3. The quantitative estimate of drug-likeness (QED) is 0.855. The van der Waals surface area contributed by atoms with E-state index in [2.05, 4.69) is 37.1 Å². The standard InChI is InChI=1S/C18H21NO2/c1-13-4-6-15(7-5-13)21-18-11-16(20-3)10-14-8-9-19(2)12-17(14)18/h4-7,10-11H,8-9,12H2,1-3H3. The zero-order valence-electron chi connectivity index (χ0n) is 12.8. The molecule has 0 saturated carbocycles. The van der Waals surface area contributed by atoms with Crippen molar-refractivity contribution in [2.75, 3.05) is 20.7 Å². The third kappa shape index (κ3) is 3.03. The maximum absolute atomic E-state index is 6.12. The third-order valence-electron chi connectivity index (χ3n) is 3.95. The Hall–Kier alpha value is -2.00. The minimum Gasteiger partial charge on any atom is -0.497 e. The second kappa shape index (κ2) is 5.78. The van der Waals surface area contributed by atoms with Gasteiger partial charge in [0.1, 0.15) is 17.2 Å². The van der Waals surface area contributed by atoms with Gasteiger partial charge in [-0.25, -0.2) is 0 Å². The van der Waals surface area contributed by atoms with Crippen molar-refractivity contribution in [3.8, 4) is 17.2 Å². The predicted octanol–water partition coefficient (Wildman–Crippen LogP) is 3.78. The molecule has 0 spiro atoms. The van der Waals surface area contributed by atoms with Crippen LogP contribution in [-0.4, -0.2) is 25.6 Å². The summed E-state index contributed by atoms with van der Waals surface area (Å²) in [7, 11) is 3.84. The lowest BCUT2D eigenvalue weighted by Crippen LogP contribution is -2.26. The average Bonchev–Trinajstić information content (AvgIpc) is 2.49. The van der Waals surface area contributed by atoms with E-state index in [0.29, 0.717) is 0 Å². The summed E-state index contributed by atoms with van der Waals surface area (Å²) in [5.41, 5.74) is 3.83. The van der Waals surface area contributed by atoms with Crippen molar-refractivity contribution in [3.05, 3.63) is 53.1 Å². The fourth-order valence-electron chi connectivity index (χ4n) is 2.68. The van der Waals surface area contributed by atoms with E-state index in [1.807, 2.05) is 18.2 Å². The van der Waals surface area contributed by atoms with Crippen molar-refractivity contribution in [3.63, 3.8) is 0 Å². The summed E-state index contributed by atoms with van der Waals surface area (Å²) in [5, 5.41) is 0. The van der Waals surface area contributed by atoms with Crippen LogP contribution in [0.25, 0.3) is 0 Å². The summed E-state index contributed by atoms with van der Waals surface area (Å²) in [6.07, 6.45) is 1.04. The Labute approximate surface area is 126 Å². The van der Waals surface area contributed by atoms with Crippen LogP contribution in [0.5, 0.6) is 17.2 Å². The van der Waals surface area contributed by atoms with Crippen molar-refractivity contribution in [2.24, 2.45) is 0 Å². The van der Waals surface area contributed by atoms with Crippen LogP contribution in [0.1, 0.15) is 16.7 Å². The maximum Gasteiger partial charge on any atom is 0.135 e. The second-order valence-electron chi connectivity index (χ2n) is 5.67. The van der Waals surface area contributed by atoms with Gasteiger partial charge >= 0.3 is 0 Å². The van der Waals surface area contributed by atoms with Crippen LogP contribution < -0.4 is 9.47 Å². The van der Waals surface area contributed by atoms with Gasteiger partial charge in [-0.05, 0) is 44.2 Å². The molecule has 2 aromatic carbocycles. The van der Waals surface area contributed by atoms with Crippen molar-refractivity contribution < 1.29 is 9.47 Å². The number of likely N-dealkylation sites (N-methyl/N-ethyl adjacent to an activating group) is 1. The largest absolute Gasteiger partial charge is 0.497 e. The summed E-state index contributed by atoms with van der Waals surface area (Å²) in [6.45, 7) is 4.07. The number of hydrogen-bond donors (Lipinski definition) is 0. The molecule has 0 amide bonds. The fourth-order valence-corrected chi connectivity index (χ4v) is 2.68. The number of fused-ring (bicyclic) bond motifs is 1. The molecule has 0 unspecified atom stereocenters. The lowest BCUT2D eigenvalue weighted by atomic mass is 9.98. The molecule has 0 fully saturated rings. The fraction of sp³-hybridized carbons (Fsp3) is 0.333. The first kappa shape index (κ1) is 14.0. The van der Waals surface area contributed by atoms with E-state index in [9.17, 15) is 0 Å². The Morgan fingerprint density at radius 2 is 1.81 bits per heavy atom. The molecule has 0 aromatic heterocycles. The highest BCUT2D eigenvalue weighted by molar-refractivity contribution is 5.49. The van der Waals surface area contributed by atoms with Gasteiger partial charge in [0.15, 0.2) is 0 Å². The van der Waals surface area contributed by atoms with Crippen LogP contribution in [0.2, 0.25) is 0 Å². The van der Waals surface area contributed by atoms with Crippen molar-refractivity contribution in [1.82, 2.24) is 4.90 Å². The van der Waals surface area contributed by atoms with E-state index >= 15 is 0 Å². The SMILES string of the molecule is COc1cc2c(c(Oc3ccc(C)cc3)c1)CN(C)CC2. The van der Waals surface area contributed by atoms with Crippen molar-refractivity contribution >= 4 is 0 Å². The van der Waals surface area contributed by atoms with Gasteiger partial charge in [-0.15, -0.1) is 0 Å². The molecule has 1 aliphatic heterocycles. The smallest absolute Gasteiger partial charge is 0.135 e. The third-order valence-corrected chi connectivity index (χ3v) is 3.95. The van der Waals surface area contributed by atoms with Crippen LogP contribution in [0.15, 0.2) is 36.4 Å². The minimum absolute atomic E-state index is 0.861. The monoisotopic (exact) mass is 283 g/mol. The lowest BCUT2D eigenvalue weighted by Gasteiger charge is -2.27. The summed E-state index contributed by atoms with van der Waals surface area (Å²) < 4.78 is 11.5. The summed E-state index contributed by atoms with van der Waals surface area (Å²) in [6, 6.07) is 12.3. The number of nitrogens with zero attached hydrogens (tertiary/aromatic N) is 1. The number of hydrogen-bond acceptors (Lipinski definition) is 3. The highest BCUT2D eigenvalue weighted by Crippen LogP contribution is 2.35. The Bertz CT molecular complexity index is 634. The molecule has 0 atom stereocenters. The van der Waals surface area contributed by atoms with Crippen LogP contribution >= 0.6 is 0 Å². The topological polar surface area (TPSA) is 21.7 Å². The molecule has 1 heterocycles. The highest BCUT2D eigenvalue weighted by atomic mass is 16.5. The van der Waals surface area contributed by atoms with Crippen LogP contribution in [0.3, 0.4) is 0 Å². The molecule has 0 bridgehead atoms. The van der Waals surface area contributed by atoms with E-state index in [1.165, 1.54) is 16.7 Å². The van der Waals surface area contributed by atoms with E-state index in [0.717, 1.165) is 36.8 Å². The van der Waals surface area contributed by atoms with Gasteiger partial charge < -0.3 is 14.4 Å². The van der Waals surface area contributed by atoms with E-state index in [4.69, 9.17) is 9.47 Å². The van der Waals surface area contributed by atoms with Gasteiger partial charge in [0.2, 0.25) is 0 Å². The van der Waals surface area contributed by atoms with Crippen molar-refractivity contribution in [1.29, 1.82) is 0 Å². The van der Waals surface area contributed by atoms with Gasteiger partial charge in [0.25, 0.3) is 0 Å². The first-order chi connectivity index (χ1) is 10.2. The Morgan fingerprint density at radius 1 is 1.05 bits per heavy atom. The normalized spacial score (nSPS) is 14.6. The number of ether oxygens (including phenoxy) is 2. The lowest BCUT2D eigenvalue weighted by molar-refractivity contribution is 0.304. The molecule has 3 heteroatoms. The summed E-state index contributed by atoms with van der Waals surface area (Å²) in [5.74, 6) is 2.63. The summed E-state index contributed by atoms with van der Waals surface area (Å²) in [4.78, 5) is 2.32. The van der Waals surface area contributed by atoms with E-state index < -0.39 is 0 Å². The molecule has 1 aliphatic rings. The van der Waals surface area contributed by atoms with E-state index in [1.54, 1.807) is 7.11 Å². The van der Waals surface area contributed by atoms with Crippen LogP contribution in [0.4, 0.5) is 0 Å². The zero-order chi connectivity index (χ0) is 14.8. The van der Waals surface area contributed by atoms with Crippen LogP contribution in [0, 0.1) is 6.92 Å². The van der Waals surface area contributed by atoms with Gasteiger partial charge in [-0.1, -0.05) is 17.7 Å². The zero-order valence-corrected chi connectivity index (χ0v) is 12.8. The van der Waals surface area contributed by atoms with E-state index in [-0.39, 0.29) is 0 Å². The van der Waals surface area contributed by atoms with Crippen molar-refractivity contribution in [2.45, 2.75) is 19.9 Å². The predicted molar refractivity (Wildman–Crippen MR) is 84.3 cm³/mol. The molecule has 3 nitrogen and oxygen atoms in total. The first-order valence-electron chi connectivity index (χ1n) is 7.28. The van der Waals surface area contributed by atoms with Gasteiger partial charge in [0, 0.05) is 24.7 Å². The molecular formula is C18H21NO2. The molecule has 21 heavy (non-hydrogen) atoms. The highest BCUT2D eigenvalue weighted by Gasteiger charge is 2.19. The van der Waals surface area contributed by atoms with Gasteiger partial charge in [-0.2, -0.15) is 0 Å². The molecule has 0 radical (unpaired) electrons. The average molecular weight is 283 g/mol. The Kier molecular flexibility index (Phi) is 3.84. The molecule has 3 rings (SSSR count). The first-order valence-corrected chi connectivity index (χ1v) is 7.28. The minimum atomic E-state index is 0.861. The number of aryl methyl sites for hydroxylation is 1. The van der Waals surface area contributed by atoms with Crippen LogP contribution in [-0.2, 0) is 13.0 Å². The Balaban J connectivity index is 1.97. The number of methoxy groups -OCH3 is 1. The van der Waals surface area contributed by atoms with Gasteiger partial charge in [-0.3, -0.25) is 0 Å². The molecular weight excluding hydrogens is 262 g/mol. The second-order valence-corrected chi connectivity index (χ2v) is 5.67. The maximum atomic E-state index is 6.12. The number of benzene rings is 2.